The SMILES string of the molecule is CCN1CCN(C(C)CNC(=NC)NC(C)c2ccc(OCC3CC3)c(F)c2)CC1. The number of piperazine rings is 1. The summed E-state index contributed by atoms with van der Waals surface area (Å²) in [5.74, 6) is 1.38. The summed E-state index contributed by atoms with van der Waals surface area (Å²) in [6, 6.07) is 5.58. The van der Waals surface area contributed by atoms with Gasteiger partial charge in [-0.15, -0.1) is 0 Å². The Morgan fingerprint density at radius 3 is 2.57 bits per heavy atom. The number of rotatable bonds is 9. The first-order valence-electron chi connectivity index (χ1n) is 11.4. The molecule has 1 saturated carbocycles. The number of nitrogens with one attached hydrogen (secondary N) is 2. The number of hydrogen-bond donors (Lipinski definition) is 2. The van der Waals surface area contributed by atoms with Crippen LogP contribution in [-0.2, 0) is 0 Å². The van der Waals surface area contributed by atoms with E-state index in [0.717, 1.165) is 50.8 Å². The Labute approximate surface area is 180 Å². The summed E-state index contributed by atoms with van der Waals surface area (Å²) >= 11 is 0. The second kappa shape index (κ2) is 11.0. The van der Waals surface area contributed by atoms with Gasteiger partial charge in [-0.3, -0.25) is 9.89 Å². The van der Waals surface area contributed by atoms with Crippen LogP contribution in [0.15, 0.2) is 23.2 Å². The lowest BCUT2D eigenvalue weighted by Gasteiger charge is -2.37. The van der Waals surface area contributed by atoms with Gasteiger partial charge in [-0.05, 0) is 56.8 Å². The predicted octanol–water partition coefficient (Wildman–Crippen LogP) is 2.87. The molecule has 30 heavy (non-hydrogen) atoms. The molecule has 2 atom stereocenters. The van der Waals surface area contributed by atoms with E-state index in [9.17, 15) is 4.39 Å². The van der Waals surface area contributed by atoms with Crippen molar-refractivity contribution in [1.82, 2.24) is 20.4 Å². The highest BCUT2D eigenvalue weighted by Crippen LogP contribution is 2.30. The molecule has 1 aromatic rings. The van der Waals surface area contributed by atoms with Crippen molar-refractivity contribution in [2.75, 3.05) is 52.9 Å². The summed E-state index contributed by atoms with van der Waals surface area (Å²) in [6.45, 7) is 13.5. The van der Waals surface area contributed by atoms with Crippen molar-refractivity contribution in [3.63, 3.8) is 0 Å². The molecular formula is C23H38FN5O. The van der Waals surface area contributed by atoms with Gasteiger partial charge in [0.15, 0.2) is 17.5 Å². The third-order valence-corrected chi connectivity index (χ3v) is 6.25. The van der Waals surface area contributed by atoms with E-state index in [1.807, 2.05) is 13.0 Å². The molecule has 0 amide bonds. The summed E-state index contributed by atoms with van der Waals surface area (Å²) in [7, 11) is 1.77. The van der Waals surface area contributed by atoms with Crippen molar-refractivity contribution >= 4 is 5.96 Å². The average Bonchev–Trinajstić information content (AvgIpc) is 3.60. The topological polar surface area (TPSA) is 52.1 Å². The first-order valence-corrected chi connectivity index (χ1v) is 11.4. The van der Waals surface area contributed by atoms with Crippen LogP contribution in [0.25, 0.3) is 0 Å². The van der Waals surface area contributed by atoms with E-state index >= 15 is 0 Å². The second-order valence-electron chi connectivity index (χ2n) is 8.58. The van der Waals surface area contributed by atoms with E-state index in [4.69, 9.17) is 4.74 Å². The first-order chi connectivity index (χ1) is 14.5. The van der Waals surface area contributed by atoms with Gasteiger partial charge in [0.2, 0.25) is 0 Å². The minimum absolute atomic E-state index is 0.0633. The molecule has 2 N–H and O–H groups in total. The number of ether oxygens (including phenoxy) is 1. The van der Waals surface area contributed by atoms with E-state index < -0.39 is 0 Å². The summed E-state index contributed by atoms with van der Waals surface area (Å²) < 4.78 is 20.0. The van der Waals surface area contributed by atoms with E-state index in [0.29, 0.717) is 24.3 Å². The largest absolute Gasteiger partial charge is 0.490 e. The fourth-order valence-electron chi connectivity index (χ4n) is 3.77. The molecule has 1 aliphatic heterocycles. The molecule has 2 fully saturated rings. The zero-order valence-corrected chi connectivity index (χ0v) is 19.0. The zero-order valence-electron chi connectivity index (χ0n) is 19.0. The molecule has 7 heteroatoms. The van der Waals surface area contributed by atoms with Crippen LogP contribution in [0, 0.1) is 11.7 Å². The van der Waals surface area contributed by atoms with Crippen molar-refractivity contribution in [2.45, 2.75) is 45.7 Å². The van der Waals surface area contributed by atoms with E-state index in [1.165, 1.54) is 12.8 Å². The summed E-state index contributed by atoms with van der Waals surface area (Å²) in [6.07, 6.45) is 2.39. The maximum Gasteiger partial charge on any atom is 0.191 e. The highest BCUT2D eigenvalue weighted by Gasteiger charge is 2.23. The van der Waals surface area contributed by atoms with E-state index in [1.54, 1.807) is 19.2 Å². The van der Waals surface area contributed by atoms with Gasteiger partial charge in [-0.2, -0.15) is 0 Å². The molecule has 0 aromatic heterocycles. The normalized spacial score (nSPS) is 20.6. The maximum atomic E-state index is 14.4. The molecule has 1 aromatic carbocycles. The lowest BCUT2D eigenvalue weighted by molar-refractivity contribution is 0.107. The van der Waals surface area contributed by atoms with Gasteiger partial charge < -0.3 is 20.3 Å². The Bertz CT molecular complexity index is 701. The van der Waals surface area contributed by atoms with Gasteiger partial charge in [0.1, 0.15) is 0 Å². The summed E-state index contributed by atoms with van der Waals surface area (Å²) in [4.78, 5) is 9.35. The quantitative estimate of drug-likeness (QED) is 0.476. The highest BCUT2D eigenvalue weighted by molar-refractivity contribution is 5.80. The lowest BCUT2D eigenvalue weighted by Crippen LogP contribution is -2.53. The average molecular weight is 420 g/mol. The van der Waals surface area contributed by atoms with E-state index in [2.05, 4.69) is 39.3 Å². The number of guanidine groups is 1. The lowest BCUT2D eigenvalue weighted by atomic mass is 10.1. The molecule has 168 valence electrons. The first kappa shape index (κ1) is 22.8. The number of halogens is 1. The standard InChI is InChI=1S/C23H38FN5O/c1-5-28-10-12-29(13-11-28)17(2)15-26-23(25-4)27-18(3)20-8-9-22(21(24)14-20)30-16-19-6-7-19/h8-9,14,17-19H,5-7,10-13,15-16H2,1-4H3,(H2,25,26,27). The fourth-order valence-corrected chi connectivity index (χ4v) is 3.77. The molecule has 1 saturated heterocycles. The molecule has 1 heterocycles. The zero-order chi connectivity index (χ0) is 21.5. The van der Waals surface area contributed by atoms with Crippen molar-refractivity contribution in [3.05, 3.63) is 29.6 Å². The van der Waals surface area contributed by atoms with E-state index in [-0.39, 0.29) is 11.9 Å². The van der Waals surface area contributed by atoms with Crippen LogP contribution in [0.2, 0.25) is 0 Å². The van der Waals surface area contributed by atoms with Crippen LogP contribution in [0.4, 0.5) is 4.39 Å². The van der Waals surface area contributed by atoms with Gasteiger partial charge in [0.25, 0.3) is 0 Å². The highest BCUT2D eigenvalue weighted by atomic mass is 19.1. The molecule has 2 aliphatic rings. The third kappa shape index (κ3) is 6.57. The van der Waals surface area contributed by atoms with Crippen molar-refractivity contribution in [2.24, 2.45) is 10.9 Å². The predicted molar refractivity (Wildman–Crippen MR) is 121 cm³/mol. The van der Waals surface area contributed by atoms with Crippen LogP contribution in [0.1, 0.15) is 45.2 Å². The molecule has 3 rings (SSSR count). The summed E-state index contributed by atoms with van der Waals surface area (Å²) in [5.41, 5.74) is 0.873. The fraction of sp³-hybridized carbons (Fsp3) is 0.696. The van der Waals surface area contributed by atoms with Gasteiger partial charge in [0.05, 0.1) is 12.6 Å². The molecule has 6 nitrogen and oxygen atoms in total. The number of aliphatic imine (C=N–C) groups is 1. The Hall–Kier alpha value is -1.86. The number of nitrogens with zero attached hydrogens (tertiary/aromatic N) is 3. The second-order valence-corrected chi connectivity index (χ2v) is 8.58. The minimum Gasteiger partial charge on any atom is -0.490 e. The van der Waals surface area contributed by atoms with Crippen LogP contribution >= 0.6 is 0 Å². The number of likely N-dealkylation sites (N-methyl/N-ethyl adjacent to an activating group) is 1. The van der Waals surface area contributed by atoms with Gasteiger partial charge in [-0.25, -0.2) is 4.39 Å². The summed E-state index contributed by atoms with van der Waals surface area (Å²) in [5, 5.41) is 6.79. The molecular weight excluding hydrogens is 381 g/mol. The van der Waals surface area contributed by atoms with Gasteiger partial charge in [0, 0.05) is 45.8 Å². The Morgan fingerprint density at radius 1 is 1.23 bits per heavy atom. The molecule has 0 bridgehead atoms. The third-order valence-electron chi connectivity index (χ3n) is 6.25. The number of hydrogen-bond acceptors (Lipinski definition) is 4. The maximum absolute atomic E-state index is 14.4. The Kier molecular flexibility index (Phi) is 8.33. The Morgan fingerprint density at radius 2 is 1.97 bits per heavy atom. The van der Waals surface area contributed by atoms with Gasteiger partial charge in [-0.1, -0.05) is 13.0 Å². The minimum atomic E-state index is -0.301. The van der Waals surface area contributed by atoms with Crippen molar-refractivity contribution < 1.29 is 9.13 Å². The number of benzene rings is 1. The Balaban J connectivity index is 1.45. The van der Waals surface area contributed by atoms with Crippen LogP contribution in [0.3, 0.4) is 0 Å². The molecule has 0 radical (unpaired) electrons. The molecule has 0 spiro atoms. The van der Waals surface area contributed by atoms with Gasteiger partial charge >= 0.3 is 0 Å². The molecule has 1 aliphatic carbocycles. The smallest absolute Gasteiger partial charge is 0.191 e. The van der Waals surface area contributed by atoms with Crippen LogP contribution < -0.4 is 15.4 Å². The monoisotopic (exact) mass is 419 g/mol. The molecule has 2 unspecified atom stereocenters. The van der Waals surface area contributed by atoms with Crippen molar-refractivity contribution in [1.29, 1.82) is 0 Å². The van der Waals surface area contributed by atoms with Crippen LogP contribution in [-0.4, -0.2) is 74.7 Å². The van der Waals surface area contributed by atoms with Crippen LogP contribution in [0.5, 0.6) is 5.75 Å². The van der Waals surface area contributed by atoms with Crippen molar-refractivity contribution in [3.8, 4) is 5.75 Å².